The highest BCUT2D eigenvalue weighted by Crippen LogP contribution is 2.46. The quantitative estimate of drug-likeness (QED) is 0.587. The Kier molecular flexibility index (Phi) is 7.37. The fourth-order valence-electron chi connectivity index (χ4n) is 5.32. The minimum Gasteiger partial charge on any atom is -0.370 e. The van der Waals surface area contributed by atoms with E-state index in [1.54, 1.807) is 0 Å². The van der Waals surface area contributed by atoms with Crippen molar-refractivity contribution < 1.29 is 9.53 Å². The Labute approximate surface area is 204 Å². The number of fused-ring (bicyclic) bond motifs is 1. The second-order valence-corrected chi connectivity index (χ2v) is 11.2. The fourth-order valence-corrected chi connectivity index (χ4v) is 5.32. The van der Waals surface area contributed by atoms with Crippen LogP contribution in [0.3, 0.4) is 0 Å². The van der Waals surface area contributed by atoms with E-state index >= 15 is 0 Å². The van der Waals surface area contributed by atoms with Crippen molar-refractivity contribution in [1.82, 2.24) is 15.2 Å². The van der Waals surface area contributed by atoms with Gasteiger partial charge in [0.15, 0.2) is 0 Å². The van der Waals surface area contributed by atoms with E-state index < -0.39 is 0 Å². The molecule has 4 rings (SSSR count). The average Bonchev–Trinajstić information content (AvgIpc) is 3.65. The molecule has 7 nitrogen and oxygen atoms in total. The number of carbonyl (C=O) groups excluding carboxylic acids is 1. The van der Waals surface area contributed by atoms with Crippen molar-refractivity contribution in [2.45, 2.75) is 97.3 Å². The van der Waals surface area contributed by atoms with Crippen molar-refractivity contribution in [2.24, 2.45) is 5.92 Å². The number of carbonyl (C=O) groups is 1. The highest BCUT2D eigenvalue weighted by Gasteiger charge is 2.39. The first-order valence-electron chi connectivity index (χ1n) is 13.1. The fraction of sp³-hybridized carbons (Fsp3) is 0.741. The number of anilines is 1. The van der Waals surface area contributed by atoms with Gasteiger partial charge in [-0.2, -0.15) is 5.26 Å². The molecule has 34 heavy (non-hydrogen) atoms. The molecule has 2 fully saturated rings. The Morgan fingerprint density at radius 2 is 2.03 bits per heavy atom. The maximum Gasteiger partial charge on any atom is 0.317 e. The molecule has 0 radical (unpaired) electrons. The zero-order valence-electron chi connectivity index (χ0n) is 21.6. The lowest BCUT2D eigenvalue weighted by atomic mass is 9.87. The molecule has 3 aliphatic rings. The Balaban J connectivity index is 1.60. The molecular weight excluding hydrogens is 426 g/mol. The highest BCUT2D eigenvalue weighted by atomic mass is 16.5. The van der Waals surface area contributed by atoms with E-state index in [4.69, 9.17) is 9.72 Å². The van der Waals surface area contributed by atoms with E-state index in [1.165, 1.54) is 0 Å². The van der Waals surface area contributed by atoms with Gasteiger partial charge in [0, 0.05) is 44.1 Å². The summed E-state index contributed by atoms with van der Waals surface area (Å²) in [6.45, 7) is 14.0. The number of piperazine rings is 1. The van der Waals surface area contributed by atoms with Crippen molar-refractivity contribution in [1.29, 1.82) is 5.26 Å². The number of urea groups is 1. The standard InChI is InChI=1S/C27H41N5O2/c1-6-7-8-11-29-26(33)32-13-12-31(16-23(32)18(2)3)25-21(15-28)20-14-27(4,5)34-17-22(20)24(30-25)19-9-10-19/h18-19,23H,6-14,16-17H2,1-5H3,(H,29,33). The molecule has 0 aromatic carbocycles. The molecule has 1 aromatic rings. The van der Waals surface area contributed by atoms with Crippen LogP contribution in [-0.4, -0.2) is 53.7 Å². The first kappa shape index (κ1) is 24.8. The van der Waals surface area contributed by atoms with Gasteiger partial charge in [0.1, 0.15) is 11.9 Å². The van der Waals surface area contributed by atoms with Crippen LogP contribution in [0.4, 0.5) is 10.6 Å². The SMILES string of the molecule is CCCCCNC(=O)N1CCN(c2nc(C3CC3)c3c(c2C#N)CC(C)(C)OC3)CC1C(C)C. The zero-order valence-corrected chi connectivity index (χ0v) is 21.6. The number of nitriles is 1. The Hall–Kier alpha value is -2.33. The van der Waals surface area contributed by atoms with Gasteiger partial charge in [-0.1, -0.05) is 33.6 Å². The predicted octanol–water partition coefficient (Wildman–Crippen LogP) is 4.73. The molecule has 2 amide bonds. The number of unbranched alkanes of at least 4 members (excludes halogenated alkanes) is 2. The summed E-state index contributed by atoms with van der Waals surface area (Å²) in [4.78, 5) is 22.4. The zero-order chi connectivity index (χ0) is 24.5. The minimum atomic E-state index is -0.285. The number of rotatable bonds is 7. The molecule has 186 valence electrons. The summed E-state index contributed by atoms with van der Waals surface area (Å²) in [7, 11) is 0. The summed E-state index contributed by atoms with van der Waals surface area (Å²) >= 11 is 0. The number of nitrogens with zero attached hydrogens (tertiary/aromatic N) is 4. The first-order chi connectivity index (χ1) is 16.3. The normalized spacial score (nSPS) is 21.9. The number of nitrogens with one attached hydrogen (secondary N) is 1. The van der Waals surface area contributed by atoms with Gasteiger partial charge in [0.2, 0.25) is 0 Å². The molecule has 1 saturated heterocycles. The molecule has 1 aromatic heterocycles. The van der Waals surface area contributed by atoms with Gasteiger partial charge >= 0.3 is 6.03 Å². The molecule has 7 heteroatoms. The largest absolute Gasteiger partial charge is 0.370 e. The molecule has 0 bridgehead atoms. The van der Waals surface area contributed by atoms with Crippen LogP contribution >= 0.6 is 0 Å². The number of aromatic nitrogens is 1. The Morgan fingerprint density at radius 1 is 1.26 bits per heavy atom. The van der Waals surface area contributed by atoms with Crippen molar-refractivity contribution >= 4 is 11.8 Å². The summed E-state index contributed by atoms with van der Waals surface area (Å²) in [6.07, 6.45) is 6.35. The van der Waals surface area contributed by atoms with E-state index in [9.17, 15) is 10.1 Å². The van der Waals surface area contributed by atoms with Gasteiger partial charge in [0.25, 0.3) is 0 Å². The average molecular weight is 468 g/mol. The molecule has 0 spiro atoms. The van der Waals surface area contributed by atoms with Gasteiger partial charge in [-0.05, 0) is 44.6 Å². The summed E-state index contributed by atoms with van der Waals surface area (Å²) in [5.41, 5.74) is 3.83. The van der Waals surface area contributed by atoms with Gasteiger partial charge in [-0.25, -0.2) is 9.78 Å². The lowest BCUT2D eigenvalue weighted by Crippen LogP contribution is -2.59. The maximum atomic E-state index is 13.0. The van der Waals surface area contributed by atoms with Crippen molar-refractivity contribution in [2.75, 3.05) is 31.1 Å². The van der Waals surface area contributed by atoms with Gasteiger partial charge in [0.05, 0.1) is 29.5 Å². The van der Waals surface area contributed by atoms with Crippen LogP contribution < -0.4 is 10.2 Å². The van der Waals surface area contributed by atoms with E-state index in [0.717, 1.165) is 67.7 Å². The maximum absolute atomic E-state index is 13.0. The summed E-state index contributed by atoms with van der Waals surface area (Å²) in [6, 6.07) is 2.62. The third-order valence-corrected chi connectivity index (χ3v) is 7.52. The molecule has 2 aliphatic heterocycles. The second kappa shape index (κ2) is 10.1. The smallest absolute Gasteiger partial charge is 0.317 e. The van der Waals surface area contributed by atoms with E-state index in [0.29, 0.717) is 43.6 Å². The number of ether oxygens (including phenoxy) is 1. The second-order valence-electron chi connectivity index (χ2n) is 11.2. The highest BCUT2D eigenvalue weighted by molar-refractivity contribution is 5.75. The van der Waals surface area contributed by atoms with Crippen LogP contribution in [-0.2, 0) is 17.8 Å². The lowest BCUT2D eigenvalue weighted by Gasteiger charge is -2.44. The molecule has 3 heterocycles. The number of hydrogen-bond donors (Lipinski definition) is 1. The van der Waals surface area contributed by atoms with E-state index in [-0.39, 0.29) is 17.7 Å². The molecular formula is C27H41N5O2. The molecule has 1 N–H and O–H groups in total. The molecule has 1 saturated carbocycles. The third kappa shape index (κ3) is 5.17. The van der Waals surface area contributed by atoms with Crippen LogP contribution in [0.25, 0.3) is 0 Å². The van der Waals surface area contributed by atoms with Gasteiger partial charge in [-0.15, -0.1) is 0 Å². The van der Waals surface area contributed by atoms with E-state index in [1.807, 2.05) is 4.90 Å². The van der Waals surface area contributed by atoms with Crippen LogP contribution in [0.5, 0.6) is 0 Å². The monoisotopic (exact) mass is 467 g/mol. The molecule has 1 atom stereocenters. The summed E-state index contributed by atoms with van der Waals surface area (Å²) in [5.74, 6) is 1.61. The van der Waals surface area contributed by atoms with Crippen molar-refractivity contribution in [3.05, 3.63) is 22.4 Å². The Bertz CT molecular complexity index is 947. The summed E-state index contributed by atoms with van der Waals surface area (Å²) in [5, 5.41) is 13.4. The lowest BCUT2D eigenvalue weighted by molar-refractivity contribution is -0.0407. The third-order valence-electron chi connectivity index (χ3n) is 7.52. The van der Waals surface area contributed by atoms with Crippen molar-refractivity contribution in [3.8, 4) is 6.07 Å². The number of pyridine rings is 1. The Morgan fingerprint density at radius 3 is 2.68 bits per heavy atom. The number of amides is 2. The van der Waals surface area contributed by atoms with Crippen LogP contribution in [0.2, 0.25) is 0 Å². The van der Waals surface area contributed by atoms with Crippen LogP contribution in [0, 0.1) is 17.2 Å². The topological polar surface area (TPSA) is 81.5 Å². The number of hydrogen-bond acceptors (Lipinski definition) is 5. The van der Waals surface area contributed by atoms with Crippen LogP contribution in [0.15, 0.2) is 0 Å². The van der Waals surface area contributed by atoms with Gasteiger partial charge < -0.3 is 19.9 Å². The summed E-state index contributed by atoms with van der Waals surface area (Å²) < 4.78 is 6.12. The first-order valence-corrected chi connectivity index (χ1v) is 13.1. The molecule has 1 aliphatic carbocycles. The minimum absolute atomic E-state index is 0.0333. The predicted molar refractivity (Wildman–Crippen MR) is 134 cm³/mol. The van der Waals surface area contributed by atoms with Crippen molar-refractivity contribution in [3.63, 3.8) is 0 Å². The molecule has 1 unspecified atom stereocenters. The van der Waals surface area contributed by atoms with E-state index in [2.05, 4.69) is 50.9 Å². The van der Waals surface area contributed by atoms with Crippen LogP contribution in [0.1, 0.15) is 95.0 Å². The van der Waals surface area contributed by atoms with Gasteiger partial charge in [-0.3, -0.25) is 0 Å².